The maximum atomic E-state index is 10.8. The standard InChI is InChI=1S/C8H13N3O3/c1-11(4-3-8(12)13-2)5-7-9-6-10-14-7/h6H,3-5H2,1-2H3. The number of hydrogen-bond donors (Lipinski definition) is 0. The minimum absolute atomic E-state index is 0.220. The van der Waals surface area contributed by atoms with Crippen LogP contribution in [-0.2, 0) is 16.1 Å². The highest BCUT2D eigenvalue weighted by Gasteiger charge is 2.07. The Kier molecular flexibility index (Phi) is 4.06. The van der Waals surface area contributed by atoms with E-state index in [1.165, 1.54) is 13.4 Å². The largest absolute Gasteiger partial charge is 0.469 e. The van der Waals surface area contributed by atoms with Crippen molar-refractivity contribution >= 4 is 5.97 Å². The summed E-state index contributed by atoms with van der Waals surface area (Å²) in [6.07, 6.45) is 1.71. The van der Waals surface area contributed by atoms with Gasteiger partial charge in [0.2, 0.25) is 5.89 Å². The predicted molar refractivity (Wildman–Crippen MR) is 47.3 cm³/mol. The zero-order valence-electron chi connectivity index (χ0n) is 8.27. The highest BCUT2D eigenvalue weighted by molar-refractivity contribution is 5.69. The van der Waals surface area contributed by atoms with Crippen LogP contribution in [-0.4, -0.2) is 41.7 Å². The molecule has 1 rings (SSSR count). The fourth-order valence-corrected chi connectivity index (χ4v) is 0.960. The summed E-state index contributed by atoms with van der Waals surface area (Å²) < 4.78 is 9.34. The molecule has 0 aromatic carbocycles. The molecule has 78 valence electrons. The molecular formula is C8H13N3O3. The Labute approximate surface area is 81.8 Å². The minimum atomic E-state index is -0.220. The average molecular weight is 199 g/mol. The Morgan fingerprint density at radius 2 is 2.50 bits per heavy atom. The Bertz CT molecular complexity index is 273. The molecule has 0 aliphatic carbocycles. The van der Waals surface area contributed by atoms with E-state index in [1.807, 2.05) is 11.9 Å². The number of nitrogens with zero attached hydrogens (tertiary/aromatic N) is 3. The van der Waals surface area contributed by atoms with E-state index in [4.69, 9.17) is 4.52 Å². The fourth-order valence-electron chi connectivity index (χ4n) is 0.960. The fraction of sp³-hybridized carbons (Fsp3) is 0.625. The zero-order valence-corrected chi connectivity index (χ0v) is 8.27. The van der Waals surface area contributed by atoms with Crippen molar-refractivity contribution in [3.63, 3.8) is 0 Å². The molecule has 0 aliphatic rings. The number of methoxy groups -OCH3 is 1. The Morgan fingerprint density at radius 3 is 3.07 bits per heavy atom. The lowest BCUT2D eigenvalue weighted by molar-refractivity contribution is -0.140. The molecule has 0 amide bonds. The molecule has 1 aromatic heterocycles. The third kappa shape index (κ3) is 3.53. The first-order valence-electron chi connectivity index (χ1n) is 4.23. The molecule has 0 unspecified atom stereocenters. The summed E-state index contributed by atoms with van der Waals surface area (Å²) in [6, 6.07) is 0. The molecule has 6 nitrogen and oxygen atoms in total. The molecule has 0 atom stereocenters. The third-order valence-corrected chi connectivity index (χ3v) is 1.74. The van der Waals surface area contributed by atoms with E-state index in [0.717, 1.165) is 0 Å². The lowest BCUT2D eigenvalue weighted by Crippen LogP contribution is -2.22. The van der Waals surface area contributed by atoms with Crippen molar-refractivity contribution in [2.75, 3.05) is 20.7 Å². The normalized spacial score (nSPS) is 10.5. The first-order valence-corrected chi connectivity index (χ1v) is 4.23. The molecular weight excluding hydrogens is 186 g/mol. The second kappa shape index (κ2) is 5.33. The molecule has 0 spiro atoms. The summed E-state index contributed by atoms with van der Waals surface area (Å²) in [5.41, 5.74) is 0. The van der Waals surface area contributed by atoms with Crippen molar-refractivity contribution in [1.29, 1.82) is 0 Å². The topological polar surface area (TPSA) is 68.5 Å². The van der Waals surface area contributed by atoms with Crippen molar-refractivity contribution < 1.29 is 14.1 Å². The summed E-state index contributed by atoms with van der Waals surface area (Å²) in [5, 5.41) is 3.48. The smallest absolute Gasteiger partial charge is 0.306 e. The molecule has 1 heterocycles. The van der Waals surface area contributed by atoms with E-state index >= 15 is 0 Å². The van der Waals surface area contributed by atoms with Gasteiger partial charge in [-0.3, -0.25) is 9.69 Å². The van der Waals surface area contributed by atoms with E-state index in [-0.39, 0.29) is 5.97 Å². The van der Waals surface area contributed by atoms with E-state index in [2.05, 4.69) is 14.9 Å². The van der Waals surface area contributed by atoms with Gasteiger partial charge in [-0.2, -0.15) is 4.98 Å². The maximum Gasteiger partial charge on any atom is 0.306 e. The molecule has 0 saturated heterocycles. The summed E-state index contributed by atoms with van der Waals surface area (Å²) in [5.74, 6) is 0.319. The zero-order chi connectivity index (χ0) is 10.4. The lowest BCUT2D eigenvalue weighted by Gasteiger charge is -2.12. The molecule has 0 N–H and O–H groups in total. The van der Waals surface area contributed by atoms with E-state index in [1.54, 1.807) is 0 Å². The first kappa shape index (κ1) is 10.6. The highest BCUT2D eigenvalue weighted by Crippen LogP contribution is 1.98. The van der Waals surface area contributed by atoms with Crippen LogP contribution < -0.4 is 0 Å². The maximum absolute atomic E-state index is 10.8. The van der Waals surface area contributed by atoms with Crippen molar-refractivity contribution in [2.24, 2.45) is 0 Å². The molecule has 6 heteroatoms. The van der Waals surface area contributed by atoms with Crippen LogP contribution in [0.15, 0.2) is 10.9 Å². The second-order valence-corrected chi connectivity index (χ2v) is 2.90. The van der Waals surface area contributed by atoms with Crippen LogP contribution in [0.25, 0.3) is 0 Å². The summed E-state index contributed by atoms with van der Waals surface area (Å²) in [4.78, 5) is 16.6. The van der Waals surface area contributed by atoms with Crippen molar-refractivity contribution in [3.8, 4) is 0 Å². The lowest BCUT2D eigenvalue weighted by atomic mass is 10.4. The Hall–Kier alpha value is -1.43. The quantitative estimate of drug-likeness (QED) is 0.625. The number of esters is 1. The van der Waals surface area contributed by atoms with E-state index in [9.17, 15) is 4.79 Å². The van der Waals surface area contributed by atoms with Crippen LogP contribution in [0.1, 0.15) is 12.3 Å². The van der Waals surface area contributed by atoms with Crippen LogP contribution in [0.2, 0.25) is 0 Å². The molecule has 0 saturated carbocycles. The van der Waals surface area contributed by atoms with E-state index < -0.39 is 0 Å². The Morgan fingerprint density at radius 1 is 1.71 bits per heavy atom. The van der Waals surface area contributed by atoms with Crippen molar-refractivity contribution in [1.82, 2.24) is 15.0 Å². The van der Waals surface area contributed by atoms with Crippen molar-refractivity contribution in [3.05, 3.63) is 12.2 Å². The monoisotopic (exact) mass is 199 g/mol. The first-order chi connectivity index (χ1) is 6.72. The molecule has 14 heavy (non-hydrogen) atoms. The van der Waals surface area contributed by atoms with Gasteiger partial charge in [-0.05, 0) is 7.05 Å². The van der Waals surface area contributed by atoms with E-state index in [0.29, 0.717) is 25.4 Å². The SMILES string of the molecule is COC(=O)CCN(C)Cc1ncno1. The predicted octanol–water partition coefficient (Wildman–Crippen LogP) is 0.0645. The molecule has 0 bridgehead atoms. The van der Waals surface area contributed by atoms with Crippen LogP contribution in [0.3, 0.4) is 0 Å². The van der Waals surface area contributed by atoms with Gasteiger partial charge in [0.15, 0.2) is 6.33 Å². The van der Waals surface area contributed by atoms with Gasteiger partial charge >= 0.3 is 5.97 Å². The van der Waals surface area contributed by atoms with Crippen LogP contribution in [0, 0.1) is 0 Å². The summed E-state index contributed by atoms with van der Waals surface area (Å²) in [6.45, 7) is 1.14. The van der Waals surface area contributed by atoms with Crippen LogP contribution in [0.4, 0.5) is 0 Å². The number of aromatic nitrogens is 2. The van der Waals surface area contributed by atoms with Gasteiger partial charge in [0.05, 0.1) is 20.1 Å². The van der Waals surface area contributed by atoms with Gasteiger partial charge in [0.25, 0.3) is 0 Å². The third-order valence-electron chi connectivity index (χ3n) is 1.74. The van der Waals surface area contributed by atoms with Crippen LogP contribution >= 0.6 is 0 Å². The molecule has 0 radical (unpaired) electrons. The molecule has 0 aliphatic heterocycles. The van der Waals surface area contributed by atoms with Gasteiger partial charge in [-0.1, -0.05) is 5.16 Å². The summed E-state index contributed by atoms with van der Waals surface area (Å²) >= 11 is 0. The van der Waals surface area contributed by atoms with Gasteiger partial charge in [0.1, 0.15) is 0 Å². The average Bonchev–Trinajstić information content (AvgIpc) is 2.66. The van der Waals surface area contributed by atoms with Gasteiger partial charge in [0, 0.05) is 6.54 Å². The number of rotatable bonds is 5. The molecule has 0 fully saturated rings. The number of hydrogen-bond acceptors (Lipinski definition) is 6. The van der Waals surface area contributed by atoms with Gasteiger partial charge in [-0.15, -0.1) is 0 Å². The number of ether oxygens (including phenoxy) is 1. The van der Waals surface area contributed by atoms with Crippen LogP contribution in [0.5, 0.6) is 0 Å². The number of carbonyl (C=O) groups excluding carboxylic acids is 1. The molecule has 1 aromatic rings. The second-order valence-electron chi connectivity index (χ2n) is 2.90. The van der Waals surface area contributed by atoms with Gasteiger partial charge < -0.3 is 9.26 Å². The Balaban J connectivity index is 2.22. The number of carbonyl (C=O) groups is 1. The van der Waals surface area contributed by atoms with Crippen molar-refractivity contribution in [2.45, 2.75) is 13.0 Å². The minimum Gasteiger partial charge on any atom is -0.469 e. The highest BCUT2D eigenvalue weighted by atomic mass is 16.5. The summed E-state index contributed by atoms with van der Waals surface area (Å²) in [7, 11) is 3.24. The van der Waals surface area contributed by atoms with Gasteiger partial charge in [-0.25, -0.2) is 0 Å².